The molecule has 0 aromatic carbocycles. The van der Waals surface area contributed by atoms with E-state index in [9.17, 15) is 0 Å². The summed E-state index contributed by atoms with van der Waals surface area (Å²) in [6, 6.07) is 0.739. The summed E-state index contributed by atoms with van der Waals surface area (Å²) in [4.78, 5) is 2.60. The van der Waals surface area contributed by atoms with Crippen LogP contribution in [0.1, 0.15) is 19.3 Å². The summed E-state index contributed by atoms with van der Waals surface area (Å²) >= 11 is 1.95. The standard InChI is InChI=1S/C10H22N2S/c1-11-10-5-3-6-12(9-10)7-4-8-13-2/h10-11H,3-9H2,1-2H3. The zero-order chi connectivity index (χ0) is 9.52. The van der Waals surface area contributed by atoms with Crippen LogP contribution in [0.4, 0.5) is 0 Å². The molecule has 1 fully saturated rings. The molecule has 0 radical (unpaired) electrons. The van der Waals surface area contributed by atoms with Crippen LogP contribution in [0.3, 0.4) is 0 Å². The van der Waals surface area contributed by atoms with Gasteiger partial charge in [-0.05, 0) is 51.4 Å². The summed E-state index contributed by atoms with van der Waals surface area (Å²) < 4.78 is 0. The molecular formula is C10H22N2S. The molecule has 0 saturated carbocycles. The first-order chi connectivity index (χ1) is 6.36. The van der Waals surface area contributed by atoms with Gasteiger partial charge in [-0.3, -0.25) is 0 Å². The van der Waals surface area contributed by atoms with E-state index in [4.69, 9.17) is 0 Å². The molecule has 1 heterocycles. The molecule has 1 aliphatic rings. The first-order valence-electron chi connectivity index (χ1n) is 5.25. The highest BCUT2D eigenvalue weighted by molar-refractivity contribution is 7.98. The smallest absolute Gasteiger partial charge is 0.0192 e. The van der Waals surface area contributed by atoms with Crippen molar-refractivity contribution in [1.29, 1.82) is 0 Å². The fourth-order valence-electron chi connectivity index (χ4n) is 1.93. The van der Waals surface area contributed by atoms with Crippen LogP contribution in [0.2, 0.25) is 0 Å². The van der Waals surface area contributed by atoms with Crippen molar-refractivity contribution < 1.29 is 0 Å². The summed E-state index contributed by atoms with van der Waals surface area (Å²) in [6.07, 6.45) is 6.25. The predicted molar refractivity (Wildman–Crippen MR) is 61.5 cm³/mol. The summed E-state index contributed by atoms with van der Waals surface area (Å²) in [5.74, 6) is 1.31. The van der Waals surface area contributed by atoms with E-state index in [1.54, 1.807) is 0 Å². The molecule has 1 rings (SSSR count). The van der Waals surface area contributed by atoms with Crippen molar-refractivity contribution in [2.45, 2.75) is 25.3 Å². The summed E-state index contributed by atoms with van der Waals surface area (Å²) in [7, 11) is 2.08. The second-order valence-electron chi connectivity index (χ2n) is 3.77. The minimum atomic E-state index is 0.739. The van der Waals surface area contributed by atoms with E-state index in [0.717, 1.165) is 6.04 Å². The first-order valence-corrected chi connectivity index (χ1v) is 6.64. The number of nitrogens with zero attached hydrogens (tertiary/aromatic N) is 1. The van der Waals surface area contributed by atoms with Crippen molar-refractivity contribution in [3.8, 4) is 0 Å². The van der Waals surface area contributed by atoms with Crippen molar-refractivity contribution in [3.63, 3.8) is 0 Å². The van der Waals surface area contributed by atoms with E-state index in [-0.39, 0.29) is 0 Å². The molecule has 3 heteroatoms. The molecule has 0 aliphatic carbocycles. The van der Waals surface area contributed by atoms with Gasteiger partial charge in [0.25, 0.3) is 0 Å². The Hall–Kier alpha value is 0.270. The van der Waals surface area contributed by atoms with Crippen molar-refractivity contribution >= 4 is 11.8 Å². The van der Waals surface area contributed by atoms with Gasteiger partial charge in [-0.2, -0.15) is 11.8 Å². The number of hydrogen-bond donors (Lipinski definition) is 1. The molecule has 1 unspecified atom stereocenters. The first kappa shape index (κ1) is 11.3. The highest BCUT2D eigenvalue weighted by Gasteiger charge is 2.17. The lowest BCUT2D eigenvalue weighted by Gasteiger charge is -2.32. The van der Waals surface area contributed by atoms with Gasteiger partial charge in [-0.15, -0.1) is 0 Å². The van der Waals surface area contributed by atoms with Crippen LogP contribution in [0.5, 0.6) is 0 Å². The summed E-state index contributed by atoms with van der Waals surface area (Å²) in [5, 5.41) is 3.38. The number of thioether (sulfide) groups is 1. The lowest BCUT2D eigenvalue weighted by atomic mass is 10.1. The fourth-order valence-corrected chi connectivity index (χ4v) is 2.34. The molecule has 1 saturated heterocycles. The van der Waals surface area contributed by atoms with Crippen molar-refractivity contribution in [2.75, 3.05) is 38.7 Å². The van der Waals surface area contributed by atoms with Gasteiger partial charge < -0.3 is 10.2 Å². The number of likely N-dealkylation sites (N-methyl/N-ethyl adjacent to an activating group) is 1. The van der Waals surface area contributed by atoms with Crippen LogP contribution < -0.4 is 5.32 Å². The van der Waals surface area contributed by atoms with Crippen molar-refractivity contribution in [1.82, 2.24) is 10.2 Å². The van der Waals surface area contributed by atoms with E-state index in [1.807, 2.05) is 11.8 Å². The average molecular weight is 202 g/mol. The summed E-state index contributed by atoms with van der Waals surface area (Å²) in [6.45, 7) is 3.86. The van der Waals surface area contributed by atoms with Gasteiger partial charge in [0.2, 0.25) is 0 Å². The number of nitrogens with one attached hydrogen (secondary N) is 1. The predicted octanol–water partition coefficient (Wildman–Crippen LogP) is 1.42. The van der Waals surface area contributed by atoms with Gasteiger partial charge in [-0.25, -0.2) is 0 Å². The summed E-state index contributed by atoms with van der Waals surface area (Å²) in [5.41, 5.74) is 0. The van der Waals surface area contributed by atoms with E-state index in [0.29, 0.717) is 0 Å². The zero-order valence-electron chi connectivity index (χ0n) is 8.88. The second-order valence-corrected chi connectivity index (χ2v) is 4.76. The average Bonchev–Trinajstić information content (AvgIpc) is 2.19. The molecule has 78 valence electrons. The Balaban J connectivity index is 2.11. The monoisotopic (exact) mass is 202 g/mol. The molecule has 0 aromatic heterocycles. The van der Waals surface area contributed by atoms with Crippen LogP contribution in [-0.2, 0) is 0 Å². The SMILES string of the molecule is CNC1CCCN(CCCSC)C1. The third-order valence-corrected chi connectivity index (χ3v) is 3.43. The van der Waals surface area contributed by atoms with Crippen LogP contribution >= 0.6 is 11.8 Å². The van der Waals surface area contributed by atoms with E-state index in [2.05, 4.69) is 23.5 Å². The second kappa shape index (κ2) is 6.68. The maximum absolute atomic E-state index is 3.38. The maximum atomic E-state index is 3.38. The van der Waals surface area contributed by atoms with Crippen molar-refractivity contribution in [2.24, 2.45) is 0 Å². The third kappa shape index (κ3) is 4.34. The van der Waals surface area contributed by atoms with Crippen LogP contribution in [0.15, 0.2) is 0 Å². The topological polar surface area (TPSA) is 15.3 Å². The highest BCUT2D eigenvalue weighted by atomic mass is 32.2. The number of rotatable bonds is 5. The van der Waals surface area contributed by atoms with Crippen LogP contribution in [0, 0.1) is 0 Å². The Bertz CT molecular complexity index is 130. The number of hydrogen-bond acceptors (Lipinski definition) is 3. The number of piperidine rings is 1. The van der Waals surface area contributed by atoms with Crippen molar-refractivity contribution in [3.05, 3.63) is 0 Å². The normalized spacial score (nSPS) is 24.9. The lowest BCUT2D eigenvalue weighted by Crippen LogP contribution is -2.44. The van der Waals surface area contributed by atoms with Gasteiger partial charge in [0.1, 0.15) is 0 Å². The number of likely N-dealkylation sites (tertiary alicyclic amines) is 1. The highest BCUT2D eigenvalue weighted by Crippen LogP contribution is 2.10. The maximum Gasteiger partial charge on any atom is 0.0192 e. The van der Waals surface area contributed by atoms with Gasteiger partial charge in [0.15, 0.2) is 0 Å². The lowest BCUT2D eigenvalue weighted by molar-refractivity contribution is 0.196. The molecule has 0 spiro atoms. The molecule has 0 bridgehead atoms. The van der Waals surface area contributed by atoms with Gasteiger partial charge in [0, 0.05) is 12.6 Å². The van der Waals surface area contributed by atoms with Crippen LogP contribution in [-0.4, -0.2) is 49.6 Å². The zero-order valence-corrected chi connectivity index (χ0v) is 9.70. The molecule has 2 nitrogen and oxygen atoms in total. The molecule has 1 aliphatic heterocycles. The molecule has 0 aromatic rings. The van der Waals surface area contributed by atoms with E-state index < -0.39 is 0 Å². The van der Waals surface area contributed by atoms with E-state index >= 15 is 0 Å². The van der Waals surface area contributed by atoms with Gasteiger partial charge in [-0.1, -0.05) is 0 Å². The molecule has 13 heavy (non-hydrogen) atoms. The Labute approximate surface area is 86.5 Å². The van der Waals surface area contributed by atoms with Gasteiger partial charge >= 0.3 is 0 Å². The molecule has 0 amide bonds. The van der Waals surface area contributed by atoms with Crippen LogP contribution in [0.25, 0.3) is 0 Å². The minimum absolute atomic E-state index is 0.739. The van der Waals surface area contributed by atoms with E-state index in [1.165, 1.54) is 44.6 Å². The fraction of sp³-hybridized carbons (Fsp3) is 1.00. The third-order valence-electron chi connectivity index (χ3n) is 2.74. The quantitative estimate of drug-likeness (QED) is 0.679. The Morgan fingerprint density at radius 2 is 2.38 bits per heavy atom. The molecule has 1 atom stereocenters. The Kier molecular flexibility index (Phi) is 5.83. The molecular weight excluding hydrogens is 180 g/mol. The Morgan fingerprint density at radius 1 is 1.54 bits per heavy atom. The minimum Gasteiger partial charge on any atom is -0.316 e. The molecule has 1 N–H and O–H groups in total. The Morgan fingerprint density at radius 3 is 3.08 bits per heavy atom. The largest absolute Gasteiger partial charge is 0.316 e. The van der Waals surface area contributed by atoms with Gasteiger partial charge in [0.05, 0.1) is 0 Å².